The molecule has 19 heavy (non-hydrogen) atoms. The van der Waals surface area contributed by atoms with Gasteiger partial charge < -0.3 is 14.4 Å². The molecule has 8 nitrogen and oxygen atoms in total. The zero-order valence-electron chi connectivity index (χ0n) is 9.74. The minimum atomic E-state index is -4.32. The Morgan fingerprint density at radius 2 is 1.32 bits per heavy atom. The number of hydrogen-bond donors (Lipinski definition) is 1. The highest BCUT2D eigenvalue weighted by Crippen LogP contribution is 2.42. The van der Waals surface area contributed by atoms with E-state index in [0.29, 0.717) is 0 Å². The van der Waals surface area contributed by atoms with E-state index in [-0.39, 0.29) is 26.4 Å². The molecule has 104 valence electrons. The lowest BCUT2D eigenvalue weighted by Crippen LogP contribution is -2.11. The number of phosphoric acid groups is 1. The Hall–Kier alpha value is -1.83. The third-order valence-corrected chi connectivity index (χ3v) is 2.40. The Morgan fingerprint density at radius 3 is 1.63 bits per heavy atom. The molecule has 1 N–H and O–H groups in total. The Kier molecular flexibility index (Phi) is 8.27. The first-order valence-corrected chi connectivity index (χ1v) is 6.29. The van der Waals surface area contributed by atoms with Crippen molar-refractivity contribution in [2.24, 2.45) is 0 Å². The minimum absolute atomic E-state index is 0.303. The molecule has 0 aromatic carbocycles. The van der Waals surface area contributed by atoms with E-state index in [1.54, 1.807) is 11.8 Å². The van der Waals surface area contributed by atoms with Gasteiger partial charge in [0.05, 0.1) is 13.2 Å². The van der Waals surface area contributed by atoms with Gasteiger partial charge in [0.15, 0.2) is 0 Å². The molecule has 0 saturated heterocycles. The average Bonchev–Trinajstić information content (AvgIpc) is 2.39. The molecule has 0 spiro atoms. The van der Waals surface area contributed by atoms with Gasteiger partial charge in [-0.05, 0) is 0 Å². The SMILES string of the molecule is C#CC(=O)OCCOP(=O)(O)OCCOC(=O)C#C. The van der Waals surface area contributed by atoms with Gasteiger partial charge in [0.1, 0.15) is 13.2 Å². The number of carbonyl (C=O) groups is 2. The largest absolute Gasteiger partial charge is 0.472 e. The lowest BCUT2D eigenvalue weighted by atomic mass is 10.7. The summed E-state index contributed by atoms with van der Waals surface area (Å²) in [6, 6.07) is 0. The molecule has 0 aliphatic heterocycles. The van der Waals surface area contributed by atoms with Crippen LogP contribution in [-0.4, -0.2) is 43.3 Å². The van der Waals surface area contributed by atoms with E-state index < -0.39 is 19.8 Å². The fourth-order valence-corrected chi connectivity index (χ4v) is 1.38. The highest BCUT2D eigenvalue weighted by atomic mass is 31.2. The molecule has 0 heterocycles. The van der Waals surface area contributed by atoms with E-state index in [2.05, 4.69) is 18.5 Å². The van der Waals surface area contributed by atoms with Crippen LogP contribution >= 0.6 is 7.82 Å². The lowest BCUT2D eigenvalue weighted by molar-refractivity contribution is -0.137. The third-order valence-electron chi connectivity index (χ3n) is 1.38. The Bertz CT molecular complexity index is 405. The number of hydrogen-bond acceptors (Lipinski definition) is 7. The monoisotopic (exact) mass is 290 g/mol. The van der Waals surface area contributed by atoms with Gasteiger partial charge in [0.2, 0.25) is 0 Å². The molecule has 0 aromatic rings. The molecule has 0 aromatic heterocycles. The summed E-state index contributed by atoms with van der Waals surface area (Å²) >= 11 is 0. The zero-order valence-corrected chi connectivity index (χ0v) is 10.6. The fraction of sp³-hybridized carbons (Fsp3) is 0.400. The van der Waals surface area contributed by atoms with Crippen molar-refractivity contribution >= 4 is 19.8 Å². The van der Waals surface area contributed by atoms with E-state index >= 15 is 0 Å². The molecule has 0 radical (unpaired) electrons. The first kappa shape index (κ1) is 17.2. The van der Waals surface area contributed by atoms with Gasteiger partial charge in [-0.3, -0.25) is 9.05 Å². The summed E-state index contributed by atoms with van der Waals surface area (Å²) in [5.41, 5.74) is 0. The quantitative estimate of drug-likeness (QED) is 0.209. The Morgan fingerprint density at radius 1 is 0.947 bits per heavy atom. The van der Waals surface area contributed by atoms with E-state index in [0.717, 1.165) is 0 Å². The number of rotatable bonds is 8. The van der Waals surface area contributed by atoms with E-state index in [4.69, 9.17) is 17.7 Å². The van der Waals surface area contributed by atoms with Crippen LogP contribution < -0.4 is 0 Å². The molecule has 0 aliphatic carbocycles. The van der Waals surface area contributed by atoms with Gasteiger partial charge in [-0.2, -0.15) is 0 Å². The van der Waals surface area contributed by atoms with Gasteiger partial charge in [-0.1, -0.05) is 0 Å². The fourth-order valence-electron chi connectivity index (χ4n) is 0.695. The molecule has 0 unspecified atom stereocenters. The molecular weight excluding hydrogens is 279 g/mol. The maximum Gasteiger partial charge on any atom is 0.472 e. The Balaban J connectivity index is 3.73. The molecule has 0 fully saturated rings. The van der Waals surface area contributed by atoms with Gasteiger partial charge >= 0.3 is 19.8 Å². The van der Waals surface area contributed by atoms with Gasteiger partial charge in [-0.25, -0.2) is 14.2 Å². The predicted octanol–water partition coefficient (Wildman–Crippen LogP) is -0.527. The van der Waals surface area contributed by atoms with Crippen LogP contribution in [0.5, 0.6) is 0 Å². The van der Waals surface area contributed by atoms with Crippen molar-refractivity contribution in [3.63, 3.8) is 0 Å². The van der Waals surface area contributed by atoms with Crippen LogP contribution in [0.25, 0.3) is 0 Å². The smallest absolute Gasteiger partial charge is 0.454 e. The van der Waals surface area contributed by atoms with Gasteiger partial charge in [0, 0.05) is 11.8 Å². The number of esters is 2. The molecule has 9 heteroatoms. The molecular formula is C10H11O8P. The molecule has 0 atom stereocenters. The van der Waals surface area contributed by atoms with Crippen molar-refractivity contribution in [1.82, 2.24) is 0 Å². The maximum atomic E-state index is 11.2. The minimum Gasteiger partial charge on any atom is -0.454 e. The topological polar surface area (TPSA) is 108 Å². The predicted molar refractivity (Wildman–Crippen MR) is 61.3 cm³/mol. The first-order chi connectivity index (χ1) is 8.91. The van der Waals surface area contributed by atoms with Gasteiger partial charge in [0.25, 0.3) is 0 Å². The number of terminal acetylenes is 2. The molecule has 0 bridgehead atoms. The van der Waals surface area contributed by atoms with Crippen molar-refractivity contribution in [3.8, 4) is 24.7 Å². The first-order valence-electron chi connectivity index (χ1n) is 4.80. The second-order valence-electron chi connectivity index (χ2n) is 2.70. The molecule has 0 amide bonds. The summed E-state index contributed by atoms with van der Waals surface area (Å²) in [4.78, 5) is 30.1. The van der Waals surface area contributed by atoms with Gasteiger partial charge in [-0.15, -0.1) is 12.8 Å². The van der Waals surface area contributed by atoms with Crippen LogP contribution in [0, 0.1) is 24.7 Å². The molecule has 0 saturated carbocycles. The zero-order chi connectivity index (χ0) is 14.7. The van der Waals surface area contributed by atoms with Crippen molar-refractivity contribution in [2.75, 3.05) is 26.4 Å². The number of ether oxygens (including phenoxy) is 2. The Labute approximate surface area is 109 Å². The van der Waals surface area contributed by atoms with Crippen molar-refractivity contribution in [3.05, 3.63) is 0 Å². The van der Waals surface area contributed by atoms with E-state index in [9.17, 15) is 14.2 Å². The van der Waals surface area contributed by atoms with Crippen LogP contribution in [0.4, 0.5) is 0 Å². The van der Waals surface area contributed by atoms with Crippen LogP contribution in [-0.2, 0) is 32.7 Å². The summed E-state index contributed by atoms with van der Waals surface area (Å²) in [6.07, 6.45) is 9.41. The maximum absolute atomic E-state index is 11.2. The van der Waals surface area contributed by atoms with E-state index in [1.807, 2.05) is 0 Å². The number of phosphoric ester groups is 1. The van der Waals surface area contributed by atoms with Crippen LogP contribution in [0.3, 0.4) is 0 Å². The normalized spacial score (nSPS) is 10.1. The summed E-state index contributed by atoms with van der Waals surface area (Å²) in [5, 5.41) is 0. The van der Waals surface area contributed by atoms with E-state index in [1.165, 1.54) is 0 Å². The third kappa shape index (κ3) is 9.83. The van der Waals surface area contributed by atoms with Crippen molar-refractivity contribution < 1.29 is 37.6 Å². The standard InChI is InChI=1S/C10H11O8P/c1-3-9(11)15-5-7-17-19(13,14)18-8-6-16-10(12)4-2/h1-2H,5-8H2,(H,13,14). The summed E-state index contributed by atoms with van der Waals surface area (Å²) in [6.45, 7) is -1.37. The van der Waals surface area contributed by atoms with Crippen molar-refractivity contribution in [1.29, 1.82) is 0 Å². The molecule has 0 rings (SSSR count). The average molecular weight is 290 g/mol. The van der Waals surface area contributed by atoms with Crippen LogP contribution in [0.1, 0.15) is 0 Å². The van der Waals surface area contributed by atoms with Crippen LogP contribution in [0.2, 0.25) is 0 Å². The summed E-state index contributed by atoms with van der Waals surface area (Å²) in [7, 11) is -4.32. The highest BCUT2D eigenvalue weighted by molar-refractivity contribution is 7.47. The second kappa shape index (κ2) is 9.15. The second-order valence-corrected chi connectivity index (χ2v) is 4.15. The lowest BCUT2D eigenvalue weighted by Gasteiger charge is -2.11. The summed E-state index contributed by atoms with van der Waals surface area (Å²) < 4.78 is 28.8. The van der Waals surface area contributed by atoms with Crippen molar-refractivity contribution in [2.45, 2.75) is 0 Å². The highest BCUT2D eigenvalue weighted by Gasteiger charge is 2.20. The summed E-state index contributed by atoms with van der Waals surface area (Å²) in [5.74, 6) is 1.52. The van der Waals surface area contributed by atoms with Crippen LogP contribution in [0.15, 0.2) is 0 Å². The number of carbonyl (C=O) groups excluding carboxylic acids is 2. The molecule has 0 aliphatic rings.